The maximum atomic E-state index is 11.3. The number of amides is 1. The summed E-state index contributed by atoms with van der Waals surface area (Å²) < 4.78 is 0. The van der Waals surface area contributed by atoms with Crippen LogP contribution in [0.1, 0.15) is 32.4 Å². The molecule has 18 heavy (non-hydrogen) atoms. The summed E-state index contributed by atoms with van der Waals surface area (Å²) in [5, 5.41) is 6.96. The first-order valence-corrected chi connectivity index (χ1v) is 6.65. The van der Waals surface area contributed by atoms with Crippen molar-refractivity contribution in [3.63, 3.8) is 0 Å². The quantitative estimate of drug-likeness (QED) is 0.779. The molecule has 0 saturated heterocycles. The number of rotatable bonds is 6. The highest BCUT2D eigenvalue weighted by Gasteiger charge is 2.07. The molecule has 0 bridgehead atoms. The van der Waals surface area contributed by atoms with E-state index >= 15 is 0 Å². The Morgan fingerprint density at radius 2 is 2.00 bits per heavy atom. The molecule has 0 fully saturated rings. The van der Waals surface area contributed by atoms with E-state index in [0.717, 1.165) is 17.1 Å². The summed E-state index contributed by atoms with van der Waals surface area (Å²) in [6.45, 7) is 7.23. The van der Waals surface area contributed by atoms with E-state index in [-0.39, 0.29) is 17.9 Å². The van der Waals surface area contributed by atoms with Crippen LogP contribution < -0.4 is 10.6 Å². The van der Waals surface area contributed by atoms with Gasteiger partial charge < -0.3 is 10.6 Å². The Morgan fingerprint density at radius 3 is 2.61 bits per heavy atom. The minimum atomic E-state index is 0.0374. The summed E-state index contributed by atoms with van der Waals surface area (Å²) in [5.41, 5.74) is 1.15. The molecule has 0 aliphatic carbocycles. The second kappa shape index (κ2) is 7.39. The van der Waals surface area contributed by atoms with Gasteiger partial charge >= 0.3 is 0 Å². The normalized spacial score (nSPS) is 12.5. The first-order chi connectivity index (χ1) is 8.50. The summed E-state index contributed by atoms with van der Waals surface area (Å²) >= 11 is 5.94. The van der Waals surface area contributed by atoms with E-state index in [9.17, 15) is 4.79 Å². The van der Waals surface area contributed by atoms with Gasteiger partial charge in [0, 0.05) is 30.1 Å². The van der Waals surface area contributed by atoms with Gasteiger partial charge in [0.2, 0.25) is 5.91 Å². The standard InChI is InChI=1S/C14H21ClN2O/c1-10(2)14(18)17-8-7-16-11(3)12-5-4-6-13(15)9-12/h4-6,9-11,16H,7-8H2,1-3H3,(H,17,18). The van der Waals surface area contributed by atoms with Crippen molar-refractivity contribution >= 4 is 17.5 Å². The number of hydrogen-bond donors (Lipinski definition) is 2. The zero-order valence-corrected chi connectivity index (χ0v) is 11.9. The Labute approximate surface area is 114 Å². The van der Waals surface area contributed by atoms with Crippen molar-refractivity contribution in [1.29, 1.82) is 0 Å². The maximum absolute atomic E-state index is 11.3. The zero-order valence-electron chi connectivity index (χ0n) is 11.2. The van der Waals surface area contributed by atoms with Crippen LogP contribution in [0.25, 0.3) is 0 Å². The molecule has 0 aromatic heterocycles. The maximum Gasteiger partial charge on any atom is 0.222 e. The Bertz CT molecular complexity index is 393. The molecule has 0 spiro atoms. The first-order valence-electron chi connectivity index (χ1n) is 6.27. The molecule has 1 amide bonds. The lowest BCUT2D eigenvalue weighted by Gasteiger charge is -2.15. The van der Waals surface area contributed by atoms with E-state index in [1.54, 1.807) is 0 Å². The summed E-state index contributed by atoms with van der Waals surface area (Å²) in [7, 11) is 0. The van der Waals surface area contributed by atoms with Crippen LogP contribution in [0.2, 0.25) is 5.02 Å². The van der Waals surface area contributed by atoms with Crippen LogP contribution in [0.4, 0.5) is 0 Å². The van der Waals surface area contributed by atoms with Crippen molar-refractivity contribution < 1.29 is 4.79 Å². The second-order valence-electron chi connectivity index (χ2n) is 4.68. The van der Waals surface area contributed by atoms with Crippen molar-refractivity contribution in [2.45, 2.75) is 26.8 Å². The Balaban J connectivity index is 2.29. The summed E-state index contributed by atoms with van der Waals surface area (Å²) in [5.74, 6) is 0.127. The number of nitrogens with one attached hydrogen (secondary N) is 2. The lowest BCUT2D eigenvalue weighted by molar-refractivity contribution is -0.123. The molecule has 1 atom stereocenters. The van der Waals surface area contributed by atoms with Crippen LogP contribution in [0.15, 0.2) is 24.3 Å². The van der Waals surface area contributed by atoms with Gasteiger partial charge in [-0.2, -0.15) is 0 Å². The molecule has 2 N–H and O–H groups in total. The van der Waals surface area contributed by atoms with Crippen molar-refractivity contribution in [1.82, 2.24) is 10.6 Å². The third-order valence-electron chi connectivity index (χ3n) is 2.75. The summed E-state index contributed by atoms with van der Waals surface area (Å²) in [6.07, 6.45) is 0. The van der Waals surface area contributed by atoms with Crippen molar-refractivity contribution in [3.05, 3.63) is 34.9 Å². The van der Waals surface area contributed by atoms with Crippen molar-refractivity contribution in [2.24, 2.45) is 5.92 Å². The SMILES string of the molecule is CC(C)C(=O)NCCNC(C)c1cccc(Cl)c1. The van der Waals surface area contributed by atoms with Gasteiger partial charge in [-0.3, -0.25) is 4.79 Å². The van der Waals surface area contributed by atoms with Crippen LogP contribution in [0.3, 0.4) is 0 Å². The fourth-order valence-corrected chi connectivity index (χ4v) is 1.77. The molecule has 0 aliphatic heterocycles. The third kappa shape index (κ3) is 5.07. The van der Waals surface area contributed by atoms with Crippen molar-refractivity contribution in [2.75, 3.05) is 13.1 Å². The smallest absolute Gasteiger partial charge is 0.222 e. The van der Waals surface area contributed by atoms with Gasteiger partial charge in [-0.1, -0.05) is 37.6 Å². The van der Waals surface area contributed by atoms with Crippen LogP contribution in [-0.4, -0.2) is 19.0 Å². The molecule has 1 aromatic carbocycles. The monoisotopic (exact) mass is 268 g/mol. The molecule has 1 aromatic rings. The van der Waals surface area contributed by atoms with E-state index in [1.165, 1.54) is 0 Å². The molecular weight excluding hydrogens is 248 g/mol. The van der Waals surface area contributed by atoms with E-state index in [1.807, 2.05) is 38.1 Å². The van der Waals surface area contributed by atoms with Gasteiger partial charge in [0.1, 0.15) is 0 Å². The van der Waals surface area contributed by atoms with Crippen LogP contribution in [0.5, 0.6) is 0 Å². The molecule has 1 rings (SSSR count). The van der Waals surface area contributed by atoms with Crippen molar-refractivity contribution in [3.8, 4) is 0 Å². The largest absolute Gasteiger partial charge is 0.355 e. The fraction of sp³-hybridized carbons (Fsp3) is 0.500. The molecule has 3 nitrogen and oxygen atoms in total. The van der Waals surface area contributed by atoms with Gasteiger partial charge in [0.25, 0.3) is 0 Å². The Hall–Kier alpha value is -1.06. The minimum Gasteiger partial charge on any atom is -0.355 e. The van der Waals surface area contributed by atoms with Gasteiger partial charge in [-0.25, -0.2) is 0 Å². The van der Waals surface area contributed by atoms with E-state index in [0.29, 0.717) is 6.54 Å². The highest BCUT2D eigenvalue weighted by molar-refractivity contribution is 6.30. The Kier molecular flexibility index (Phi) is 6.16. The second-order valence-corrected chi connectivity index (χ2v) is 5.11. The molecule has 100 valence electrons. The van der Waals surface area contributed by atoms with Crippen LogP contribution in [-0.2, 0) is 4.79 Å². The average molecular weight is 269 g/mol. The molecular formula is C14H21ClN2O. The summed E-state index contributed by atoms with van der Waals surface area (Å²) in [6, 6.07) is 8.01. The molecule has 0 heterocycles. The molecule has 0 saturated carbocycles. The van der Waals surface area contributed by atoms with Gasteiger partial charge in [0.15, 0.2) is 0 Å². The topological polar surface area (TPSA) is 41.1 Å². The molecule has 1 unspecified atom stereocenters. The third-order valence-corrected chi connectivity index (χ3v) is 2.98. The van der Waals surface area contributed by atoms with Gasteiger partial charge in [0.05, 0.1) is 0 Å². The number of carbonyl (C=O) groups excluding carboxylic acids is 1. The number of benzene rings is 1. The van der Waals surface area contributed by atoms with Gasteiger partial charge in [-0.15, -0.1) is 0 Å². The molecule has 4 heteroatoms. The van der Waals surface area contributed by atoms with Crippen LogP contribution >= 0.6 is 11.6 Å². The fourth-order valence-electron chi connectivity index (χ4n) is 1.57. The highest BCUT2D eigenvalue weighted by atomic mass is 35.5. The predicted octanol–water partition coefficient (Wildman–Crippen LogP) is 2.76. The number of hydrogen-bond acceptors (Lipinski definition) is 2. The summed E-state index contributed by atoms with van der Waals surface area (Å²) in [4.78, 5) is 11.3. The average Bonchev–Trinajstić information content (AvgIpc) is 2.33. The lowest BCUT2D eigenvalue weighted by Crippen LogP contribution is -2.35. The van der Waals surface area contributed by atoms with Gasteiger partial charge in [-0.05, 0) is 24.6 Å². The number of carbonyl (C=O) groups is 1. The highest BCUT2D eigenvalue weighted by Crippen LogP contribution is 2.16. The lowest BCUT2D eigenvalue weighted by atomic mass is 10.1. The van der Waals surface area contributed by atoms with E-state index < -0.39 is 0 Å². The van der Waals surface area contributed by atoms with E-state index in [2.05, 4.69) is 17.6 Å². The van der Waals surface area contributed by atoms with Crippen LogP contribution in [0, 0.1) is 5.92 Å². The molecule has 0 radical (unpaired) electrons. The predicted molar refractivity (Wildman–Crippen MR) is 75.7 cm³/mol. The zero-order chi connectivity index (χ0) is 13.5. The first kappa shape index (κ1) is 15.0. The number of halogens is 1. The molecule has 0 aliphatic rings. The minimum absolute atomic E-state index is 0.0374. The van der Waals surface area contributed by atoms with E-state index in [4.69, 9.17) is 11.6 Å². The Morgan fingerprint density at radius 1 is 1.28 bits per heavy atom.